The van der Waals surface area contributed by atoms with E-state index in [-0.39, 0.29) is 5.41 Å². The summed E-state index contributed by atoms with van der Waals surface area (Å²) in [6.07, 6.45) is 2.30. The molecule has 78 valence electrons. The Bertz CT molecular complexity index is 254. The molecule has 1 aromatic carbocycles. The molecule has 0 aromatic heterocycles. The molecule has 0 aliphatic carbocycles. The highest BCUT2D eigenvalue weighted by atomic mass is 28.2. The molecule has 0 atom stereocenters. The maximum Gasteiger partial charge on any atom is 0.146 e. The Balaban J connectivity index is 2.98. The third-order valence-corrected chi connectivity index (χ3v) is 3.45. The van der Waals surface area contributed by atoms with Crippen molar-refractivity contribution in [2.45, 2.75) is 32.1 Å². The Morgan fingerprint density at radius 1 is 1.14 bits per heavy atom. The molecule has 0 aliphatic heterocycles. The van der Waals surface area contributed by atoms with Crippen LogP contribution in [0.3, 0.4) is 0 Å². The Labute approximate surface area is 90.0 Å². The van der Waals surface area contributed by atoms with E-state index in [0.717, 1.165) is 29.9 Å². The summed E-state index contributed by atoms with van der Waals surface area (Å²) in [4.78, 5) is 0. The Kier molecular flexibility index (Phi) is 4.36. The minimum Gasteiger partial charge on any atom is -0.427 e. The number of rotatable bonds is 5. The lowest BCUT2D eigenvalue weighted by Gasteiger charge is -2.31. The maximum atomic E-state index is 5.48. The molecule has 0 N–H and O–H groups in total. The first kappa shape index (κ1) is 11.5. The van der Waals surface area contributed by atoms with Crippen LogP contribution in [0.5, 0.6) is 0 Å². The molecule has 2 heteroatoms. The van der Waals surface area contributed by atoms with E-state index in [9.17, 15) is 0 Å². The smallest absolute Gasteiger partial charge is 0.146 e. The fourth-order valence-electron chi connectivity index (χ4n) is 2.01. The predicted molar refractivity (Wildman–Crippen MR) is 64.6 cm³/mol. The molecule has 1 aromatic rings. The van der Waals surface area contributed by atoms with Gasteiger partial charge in [-0.05, 0) is 18.4 Å². The molecule has 0 unspecified atom stereocenters. The first-order valence-corrected chi connectivity index (χ1v) is 6.15. The molecular formula is C12H20OSi. The molecule has 0 bridgehead atoms. The summed E-state index contributed by atoms with van der Waals surface area (Å²) in [7, 11) is 0.830. The monoisotopic (exact) mass is 208 g/mol. The third-order valence-electron chi connectivity index (χ3n) is 3.16. The van der Waals surface area contributed by atoms with Crippen LogP contribution in [-0.2, 0) is 9.84 Å². The molecule has 0 spiro atoms. The van der Waals surface area contributed by atoms with Crippen molar-refractivity contribution in [1.29, 1.82) is 0 Å². The molecule has 0 heterocycles. The van der Waals surface area contributed by atoms with Gasteiger partial charge in [0.05, 0.1) is 0 Å². The van der Waals surface area contributed by atoms with Crippen LogP contribution in [0.4, 0.5) is 0 Å². The lowest BCUT2D eigenvalue weighted by Crippen LogP contribution is -2.30. The van der Waals surface area contributed by atoms with E-state index in [2.05, 4.69) is 44.2 Å². The molecule has 0 saturated heterocycles. The van der Waals surface area contributed by atoms with Crippen molar-refractivity contribution in [3.05, 3.63) is 35.9 Å². The average molecular weight is 208 g/mol. The Morgan fingerprint density at radius 2 is 1.71 bits per heavy atom. The highest BCUT2D eigenvalue weighted by Gasteiger charge is 2.27. The van der Waals surface area contributed by atoms with Crippen LogP contribution in [0.1, 0.15) is 32.3 Å². The van der Waals surface area contributed by atoms with Gasteiger partial charge in [0, 0.05) is 12.0 Å². The highest BCUT2D eigenvalue weighted by Crippen LogP contribution is 2.31. The summed E-state index contributed by atoms with van der Waals surface area (Å²) in [5.41, 5.74) is 1.66. The number of hydrogen-bond donors (Lipinski definition) is 0. The van der Waals surface area contributed by atoms with Gasteiger partial charge in [-0.15, -0.1) is 0 Å². The van der Waals surface area contributed by atoms with Gasteiger partial charge in [0.2, 0.25) is 0 Å². The highest BCUT2D eigenvalue weighted by molar-refractivity contribution is 5.98. The lowest BCUT2D eigenvalue weighted by molar-refractivity contribution is 0.218. The molecule has 0 amide bonds. The van der Waals surface area contributed by atoms with Crippen LogP contribution < -0.4 is 0 Å². The normalized spacial score (nSPS) is 11.9. The van der Waals surface area contributed by atoms with Crippen molar-refractivity contribution in [2.24, 2.45) is 0 Å². The van der Waals surface area contributed by atoms with Crippen LogP contribution >= 0.6 is 0 Å². The van der Waals surface area contributed by atoms with Crippen molar-refractivity contribution in [3.63, 3.8) is 0 Å². The Hall–Kier alpha value is -0.603. The van der Waals surface area contributed by atoms with Crippen LogP contribution in [0.25, 0.3) is 0 Å². The minimum atomic E-state index is 0.239. The van der Waals surface area contributed by atoms with Crippen molar-refractivity contribution in [2.75, 3.05) is 6.61 Å². The van der Waals surface area contributed by atoms with Crippen LogP contribution in [0.15, 0.2) is 30.3 Å². The van der Waals surface area contributed by atoms with Crippen LogP contribution in [0, 0.1) is 0 Å². The minimum absolute atomic E-state index is 0.239. The second-order valence-electron chi connectivity index (χ2n) is 3.79. The topological polar surface area (TPSA) is 9.23 Å². The number of benzene rings is 1. The van der Waals surface area contributed by atoms with Gasteiger partial charge in [-0.1, -0.05) is 44.2 Å². The summed E-state index contributed by atoms with van der Waals surface area (Å²) < 4.78 is 5.48. The lowest BCUT2D eigenvalue weighted by atomic mass is 9.77. The van der Waals surface area contributed by atoms with E-state index in [1.54, 1.807) is 0 Å². The predicted octanol–water partition coefficient (Wildman–Crippen LogP) is 2.04. The van der Waals surface area contributed by atoms with Crippen molar-refractivity contribution in [3.8, 4) is 0 Å². The third kappa shape index (κ3) is 2.25. The standard InChI is InChI=1S/C12H20OSi/c1-3-12(4-2,10-13-14)11-8-6-5-7-9-11/h5-9H,3-4,10H2,1-2,14H3. The van der Waals surface area contributed by atoms with E-state index in [1.807, 2.05) is 0 Å². The fraction of sp³-hybridized carbons (Fsp3) is 0.500. The summed E-state index contributed by atoms with van der Waals surface area (Å²) >= 11 is 0. The molecule has 0 radical (unpaired) electrons. The van der Waals surface area contributed by atoms with E-state index in [0.29, 0.717) is 0 Å². The SMILES string of the molecule is CCC(CC)(CO[SiH3])c1ccccc1. The van der Waals surface area contributed by atoms with Gasteiger partial charge < -0.3 is 4.43 Å². The summed E-state index contributed by atoms with van der Waals surface area (Å²) in [6.45, 7) is 5.37. The summed E-state index contributed by atoms with van der Waals surface area (Å²) in [5, 5.41) is 0. The fourth-order valence-corrected chi connectivity index (χ4v) is 2.57. The van der Waals surface area contributed by atoms with Gasteiger partial charge in [-0.25, -0.2) is 0 Å². The van der Waals surface area contributed by atoms with Crippen molar-refractivity contribution >= 4 is 10.5 Å². The summed E-state index contributed by atoms with van der Waals surface area (Å²) in [6, 6.07) is 10.7. The van der Waals surface area contributed by atoms with Gasteiger partial charge in [-0.2, -0.15) is 0 Å². The Morgan fingerprint density at radius 3 is 2.14 bits per heavy atom. The van der Waals surface area contributed by atoms with Crippen LogP contribution in [0.2, 0.25) is 0 Å². The first-order valence-electron chi connectivity index (χ1n) is 5.33. The summed E-state index contributed by atoms with van der Waals surface area (Å²) in [5.74, 6) is 0. The van der Waals surface area contributed by atoms with Gasteiger partial charge in [0.15, 0.2) is 0 Å². The van der Waals surface area contributed by atoms with E-state index < -0.39 is 0 Å². The number of hydrogen-bond acceptors (Lipinski definition) is 1. The molecule has 0 aliphatic rings. The van der Waals surface area contributed by atoms with Gasteiger partial charge in [0.25, 0.3) is 0 Å². The molecular weight excluding hydrogens is 188 g/mol. The zero-order valence-electron chi connectivity index (χ0n) is 9.42. The second kappa shape index (κ2) is 5.32. The van der Waals surface area contributed by atoms with Gasteiger partial charge in [0.1, 0.15) is 10.5 Å². The average Bonchev–Trinajstić information content (AvgIpc) is 2.27. The van der Waals surface area contributed by atoms with E-state index >= 15 is 0 Å². The maximum absolute atomic E-state index is 5.48. The van der Waals surface area contributed by atoms with Gasteiger partial charge >= 0.3 is 0 Å². The molecule has 0 fully saturated rings. The zero-order valence-corrected chi connectivity index (χ0v) is 11.4. The molecule has 14 heavy (non-hydrogen) atoms. The van der Waals surface area contributed by atoms with E-state index in [1.165, 1.54) is 5.56 Å². The second-order valence-corrected chi connectivity index (χ2v) is 4.36. The first-order chi connectivity index (χ1) is 6.79. The van der Waals surface area contributed by atoms with E-state index in [4.69, 9.17) is 4.43 Å². The van der Waals surface area contributed by atoms with Crippen molar-refractivity contribution in [1.82, 2.24) is 0 Å². The molecule has 1 rings (SSSR count). The van der Waals surface area contributed by atoms with Crippen molar-refractivity contribution < 1.29 is 4.43 Å². The van der Waals surface area contributed by atoms with Crippen LogP contribution in [-0.4, -0.2) is 17.1 Å². The quantitative estimate of drug-likeness (QED) is 0.673. The largest absolute Gasteiger partial charge is 0.427 e. The molecule has 0 saturated carbocycles. The molecule has 1 nitrogen and oxygen atoms in total. The van der Waals surface area contributed by atoms with Gasteiger partial charge in [-0.3, -0.25) is 0 Å². The zero-order chi connectivity index (χ0) is 10.4.